The van der Waals surface area contributed by atoms with Gasteiger partial charge in [-0.2, -0.15) is 0 Å². The Labute approximate surface area is 196 Å². The highest BCUT2D eigenvalue weighted by atomic mass is 79.9. The maximum atomic E-state index is 13.4. The van der Waals surface area contributed by atoms with Crippen LogP contribution in [0.5, 0.6) is 0 Å². The minimum absolute atomic E-state index is 0.0706. The predicted molar refractivity (Wildman–Crippen MR) is 120 cm³/mol. The van der Waals surface area contributed by atoms with E-state index < -0.39 is 41.3 Å². The minimum Gasteiger partial charge on any atom is -0.458 e. The van der Waals surface area contributed by atoms with Gasteiger partial charge in [0.2, 0.25) is 0 Å². The van der Waals surface area contributed by atoms with Crippen molar-refractivity contribution >= 4 is 34.0 Å². The highest BCUT2D eigenvalue weighted by molar-refractivity contribution is 9.11. The zero-order chi connectivity index (χ0) is 23.3. The minimum atomic E-state index is -1.04. The third-order valence-corrected chi connectivity index (χ3v) is 7.09. The van der Waals surface area contributed by atoms with Gasteiger partial charge in [-0.1, -0.05) is 59.3 Å². The molecule has 3 heterocycles. The summed E-state index contributed by atoms with van der Waals surface area (Å²) in [6, 6.07) is 7.93. The van der Waals surface area contributed by atoms with Crippen LogP contribution in [0.3, 0.4) is 0 Å². The summed E-state index contributed by atoms with van der Waals surface area (Å²) in [6.07, 6.45) is 1.45. The number of halogens is 1. The van der Waals surface area contributed by atoms with Crippen molar-refractivity contribution < 1.29 is 28.6 Å². The third-order valence-electron chi connectivity index (χ3n) is 6.41. The standard InChI is InChI=1S/C24H28BrNO6/c1-5-24-12-16(25)18(31-21(24)28)15-11-17(20(27)32-23(2,3)4)26(19(15)24)22(29)30-13-14-9-7-6-8-10-14/h6-10,12,15,17-19H,5,11,13H2,1-4H3/t15?,17-,18?,19?,24?/m1/s1. The van der Waals surface area contributed by atoms with Gasteiger partial charge in [0.1, 0.15) is 29.8 Å². The van der Waals surface area contributed by atoms with E-state index in [2.05, 4.69) is 15.9 Å². The van der Waals surface area contributed by atoms with Gasteiger partial charge in [-0.25, -0.2) is 9.59 Å². The van der Waals surface area contributed by atoms with Crippen molar-refractivity contribution in [3.05, 3.63) is 46.5 Å². The van der Waals surface area contributed by atoms with Crippen LogP contribution < -0.4 is 0 Å². The zero-order valence-electron chi connectivity index (χ0n) is 18.7. The average molecular weight is 506 g/mol. The summed E-state index contributed by atoms with van der Waals surface area (Å²) in [4.78, 5) is 41.0. The molecule has 2 fully saturated rings. The van der Waals surface area contributed by atoms with Crippen LogP contribution in [0.15, 0.2) is 40.9 Å². The third kappa shape index (κ3) is 3.83. The second-order valence-corrected chi connectivity index (χ2v) is 10.5. The highest BCUT2D eigenvalue weighted by Crippen LogP contribution is 2.56. The molecule has 3 aliphatic heterocycles. The zero-order valence-corrected chi connectivity index (χ0v) is 20.3. The number of carbonyl (C=O) groups is 3. The molecule has 1 aromatic carbocycles. The Bertz CT molecular complexity index is 955. The molecule has 0 N–H and O–H groups in total. The van der Waals surface area contributed by atoms with Gasteiger partial charge in [-0.05, 0) is 39.2 Å². The lowest BCUT2D eigenvalue weighted by Crippen LogP contribution is -2.63. The lowest BCUT2D eigenvalue weighted by molar-refractivity contribution is -0.178. The van der Waals surface area contributed by atoms with Crippen molar-refractivity contribution in [1.29, 1.82) is 0 Å². The second-order valence-electron chi connectivity index (χ2n) is 9.59. The normalized spacial score (nSPS) is 31.0. The molecule has 0 spiro atoms. The number of esters is 2. The van der Waals surface area contributed by atoms with Gasteiger partial charge in [-0.3, -0.25) is 9.69 Å². The van der Waals surface area contributed by atoms with Crippen molar-refractivity contribution in [2.45, 2.75) is 70.9 Å². The Hall–Kier alpha value is -2.35. The van der Waals surface area contributed by atoms with E-state index in [0.29, 0.717) is 12.8 Å². The van der Waals surface area contributed by atoms with E-state index in [4.69, 9.17) is 14.2 Å². The van der Waals surface area contributed by atoms with Gasteiger partial charge in [0, 0.05) is 10.4 Å². The fourth-order valence-corrected chi connectivity index (χ4v) is 5.90. The fraction of sp³-hybridized carbons (Fsp3) is 0.542. The molecule has 1 aromatic rings. The first-order valence-corrected chi connectivity index (χ1v) is 11.7. The Morgan fingerprint density at radius 1 is 1.25 bits per heavy atom. The summed E-state index contributed by atoms with van der Waals surface area (Å²) in [5, 5.41) is 0. The van der Waals surface area contributed by atoms with Crippen LogP contribution in [-0.4, -0.2) is 46.7 Å². The molecule has 1 aliphatic carbocycles. The van der Waals surface area contributed by atoms with E-state index >= 15 is 0 Å². The summed E-state index contributed by atoms with van der Waals surface area (Å²) in [6.45, 7) is 7.31. The maximum Gasteiger partial charge on any atom is 0.411 e. The molecule has 32 heavy (non-hydrogen) atoms. The Morgan fingerprint density at radius 2 is 1.94 bits per heavy atom. The van der Waals surface area contributed by atoms with E-state index in [1.54, 1.807) is 20.8 Å². The molecule has 0 aromatic heterocycles. The highest BCUT2D eigenvalue weighted by Gasteiger charge is 2.67. The number of hydrogen-bond donors (Lipinski definition) is 0. The monoisotopic (exact) mass is 505 g/mol. The van der Waals surface area contributed by atoms with Crippen LogP contribution >= 0.6 is 15.9 Å². The quantitative estimate of drug-likeness (QED) is 0.447. The fourth-order valence-electron chi connectivity index (χ4n) is 5.06. The number of amides is 1. The molecule has 8 heteroatoms. The molecule has 5 atom stereocenters. The molecule has 0 saturated carbocycles. The van der Waals surface area contributed by atoms with Gasteiger partial charge in [0.15, 0.2) is 0 Å². The van der Waals surface area contributed by atoms with Crippen molar-refractivity contribution in [3.8, 4) is 0 Å². The molecule has 172 valence electrons. The molecule has 4 aliphatic rings. The SMILES string of the molecule is CCC12C=C(Br)C(OC1=O)C1C[C@H](C(=O)OC(C)(C)C)N(C(=O)OCc3ccccc3)C12. The lowest BCUT2D eigenvalue weighted by Gasteiger charge is -2.51. The topological polar surface area (TPSA) is 82.1 Å². The molecule has 5 rings (SSSR count). The van der Waals surface area contributed by atoms with Gasteiger partial charge in [-0.15, -0.1) is 0 Å². The van der Waals surface area contributed by atoms with E-state index in [0.717, 1.165) is 10.0 Å². The first-order valence-electron chi connectivity index (χ1n) is 10.9. The number of fused-ring (bicyclic) bond motifs is 1. The number of ether oxygens (including phenoxy) is 3. The molecule has 1 amide bonds. The summed E-state index contributed by atoms with van der Waals surface area (Å²) in [5.74, 6) is -1.10. The van der Waals surface area contributed by atoms with E-state index in [1.165, 1.54) is 4.90 Å². The number of likely N-dealkylation sites (tertiary alicyclic amines) is 1. The molecule has 4 unspecified atom stereocenters. The largest absolute Gasteiger partial charge is 0.458 e. The summed E-state index contributed by atoms with van der Waals surface area (Å²) < 4.78 is 17.8. The van der Waals surface area contributed by atoms with Gasteiger partial charge in [0.25, 0.3) is 0 Å². The van der Waals surface area contributed by atoms with Crippen molar-refractivity contribution in [2.24, 2.45) is 11.3 Å². The Kier molecular flexibility index (Phi) is 5.86. The number of rotatable bonds is 4. The first kappa shape index (κ1) is 22.8. The number of benzene rings is 1. The van der Waals surface area contributed by atoms with Crippen LogP contribution in [0, 0.1) is 11.3 Å². The van der Waals surface area contributed by atoms with Crippen LogP contribution in [-0.2, 0) is 30.4 Å². The smallest absolute Gasteiger partial charge is 0.411 e. The maximum absolute atomic E-state index is 13.4. The predicted octanol–water partition coefficient (Wildman–Crippen LogP) is 4.34. The second kappa shape index (κ2) is 8.21. The van der Waals surface area contributed by atoms with Crippen LogP contribution in [0.4, 0.5) is 4.79 Å². The van der Waals surface area contributed by atoms with Crippen LogP contribution in [0.25, 0.3) is 0 Å². The molecule has 0 radical (unpaired) electrons. The van der Waals surface area contributed by atoms with E-state index in [1.807, 2.05) is 43.3 Å². The molecule has 2 bridgehead atoms. The van der Waals surface area contributed by atoms with Gasteiger partial charge in [0.05, 0.1) is 6.04 Å². The van der Waals surface area contributed by atoms with Gasteiger partial charge < -0.3 is 14.2 Å². The molecular weight excluding hydrogens is 478 g/mol. The van der Waals surface area contributed by atoms with Crippen LogP contribution in [0.1, 0.15) is 46.1 Å². The average Bonchev–Trinajstić information content (AvgIpc) is 3.15. The Balaban J connectivity index is 1.69. The van der Waals surface area contributed by atoms with Crippen molar-refractivity contribution in [3.63, 3.8) is 0 Å². The summed E-state index contributed by atoms with van der Waals surface area (Å²) in [5.41, 5.74) is -0.916. The summed E-state index contributed by atoms with van der Waals surface area (Å²) in [7, 11) is 0. The van der Waals surface area contributed by atoms with Crippen molar-refractivity contribution in [2.75, 3.05) is 0 Å². The summed E-state index contributed by atoms with van der Waals surface area (Å²) >= 11 is 3.54. The van der Waals surface area contributed by atoms with Crippen molar-refractivity contribution in [1.82, 2.24) is 4.90 Å². The number of carbonyl (C=O) groups excluding carboxylic acids is 3. The Morgan fingerprint density at radius 3 is 2.56 bits per heavy atom. The number of nitrogens with zero attached hydrogens (tertiary/aromatic N) is 1. The lowest BCUT2D eigenvalue weighted by atomic mass is 9.65. The molecule has 7 nitrogen and oxygen atoms in total. The van der Waals surface area contributed by atoms with E-state index in [-0.39, 0.29) is 18.5 Å². The van der Waals surface area contributed by atoms with Crippen LogP contribution in [0.2, 0.25) is 0 Å². The molecular formula is C24H28BrNO6. The molecule has 2 saturated heterocycles. The number of hydrogen-bond acceptors (Lipinski definition) is 6. The first-order chi connectivity index (χ1) is 15.1. The van der Waals surface area contributed by atoms with E-state index in [9.17, 15) is 14.4 Å². The van der Waals surface area contributed by atoms with Gasteiger partial charge >= 0.3 is 18.0 Å².